The lowest BCUT2D eigenvalue weighted by molar-refractivity contribution is 0.0894. The summed E-state index contributed by atoms with van der Waals surface area (Å²) in [5.74, 6) is -0.311. The molecule has 0 bridgehead atoms. The molecule has 0 radical (unpaired) electrons. The summed E-state index contributed by atoms with van der Waals surface area (Å²) in [6, 6.07) is 5.88. The number of nitrogens with zero attached hydrogens (tertiary/aromatic N) is 1. The number of carbonyl (C=O) groups is 1. The second-order valence-corrected chi connectivity index (χ2v) is 3.32. The SMILES string of the molecule is CN(Cc1ccc(F)cc1)C(=O)OCCO. The zero-order valence-electron chi connectivity index (χ0n) is 9.02. The molecule has 5 heteroatoms. The van der Waals surface area contributed by atoms with Gasteiger partial charge in [0.15, 0.2) is 0 Å². The summed E-state index contributed by atoms with van der Waals surface area (Å²) in [5, 5.41) is 8.48. The number of halogens is 1. The molecule has 0 unspecified atom stereocenters. The lowest BCUT2D eigenvalue weighted by Gasteiger charge is -2.16. The molecule has 0 aromatic heterocycles. The third-order valence-corrected chi connectivity index (χ3v) is 1.96. The van der Waals surface area contributed by atoms with Gasteiger partial charge in [0.05, 0.1) is 6.61 Å². The van der Waals surface area contributed by atoms with Crippen molar-refractivity contribution in [1.29, 1.82) is 0 Å². The van der Waals surface area contributed by atoms with Gasteiger partial charge < -0.3 is 14.7 Å². The summed E-state index contributed by atoms with van der Waals surface area (Å²) in [6.07, 6.45) is -0.515. The molecule has 0 aliphatic heterocycles. The molecule has 1 rings (SSSR count). The Morgan fingerprint density at radius 3 is 2.62 bits per heavy atom. The van der Waals surface area contributed by atoms with Crippen molar-refractivity contribution in [2.75, 3.05) is 20.3 Å². The number of hydrogen-bond donors (Lipinski definition) is 1. The van der Waals surface area contributed by atoms with Crippen LogP contribution in [0, 0.1) is 5.82 Å². The highest BCUT2D eigenvalue weighted by Gasteiger charge is 2.09. The minimum Gasteiger partial charge on any atom is -0.447 e. The molecule has 1 N–H and O–H groups in total. The number of carbonyl (C=O) groups excluding carboxylic acids is 1. The van der Waals surface area contributed by atoms with Crippen LogP contribution in [-0.2, 0) is 11.3 Å². The first-order chi connectivity index (χ1) is 7.63. The topological polar surface area (TPSA) is 49.8 Å². The van der Waals surface area contributed by atoms with Gasteiger partial charge in [-0.1, -0.05) is 12.1 Å². The predicted molar refractivity (Wildman–Crippen MR) is 56.3 cm³/mol. The van der Waals surface area contributed by atoms with Crippen LogP contribution in [0.5, 0.6) is 0 Å². The quantitative estimate of drug-likeness (QED) is 0.845. The second kappa shape index (κ2) is 6.07. The molecule has 0 spiro atoms. The van der Waals surface area contributed by atoms with Crippen molar-refractivity contribution in [3.05, 3.63) is 35.6 Å². The maximum atomic E-state index is 12.6. The number of benzene rings is 1. The smallest absolute Gasteiger partial charge is 0.409 e. The summed E-state index contributed by atoms with van der Waals surface area (Å²) in [5.41, 5.74) is 0.810. The van der Waals surface area contributed by atoms with Gasteiger partial charge in [-0.05, 0) is 17.7 Å². The molecular weight excluding hydrogens is 213 g/mol. The van der Waals surface area contributed by atoms with E-state index in [-0.39, 0.29) is 19.0 Å². The minimum absolute atomic E-state index is 0.0212. The fraction of sp³-hybridized carbons (Fsp3) is 0.364. The Labute approximate surface area is 93.3 Å². The highest BCUT2D eigenvalue weighted by Crippen LogP contribution is 2.06. The van der Waals surface area contributed by atoms with E-state index in [0.29, 0.717) is 6.54 Å². The van der Waals surface area contributed by atoms with E-state index in [1.165, 1.54) is 17.0 Å². The minimum atomic E-state index is -0.515. The lowest BCUT2D eigenvalue weighted by Crippen LogP contribution is -2.27. The summed E-state index contributed by atoms with van der Waals surface area (Å²) in [7, 11) is 1.57. The third kappa shape index (κ3) is 3.86. The van der Waals surface area contributed by atoms with Gasteiger partial charge in [-0.3, -0.25) is 0 Å². The average molecular weight is 227 g/mol. The van der Waals surface area contributed by atoms with Crippen molar-refractivity contribution in [3.63, 3.8) is 0 Å². The summed E-state index contributed by atoms with van der Waals surface area (Å²) in [6.45, 7) is 0.118. The van der Waals surface area contributed by atoms with Crippen LogP contribution in [0.4, 0.5) is 9.18 Å². The zero-order valence-corrected chi connectivity index (χ0v) is 9.02. The van der Waals surface area contributed by atoms with Crippen molar-refractivity contribution >= 4 is 6.09 Å². The molecule has 16 heavy (non-hydrogen) atoms. The molecule has 0 aliphatic rings. The van der Waals surface area contributed by atoms with E-state index in [4.69, 9.17) is 9.84 Å². The number of rotatable bonds is 4. The molecule has 1 aromatic carbocycles. The van der Waals surface area contributed by atoms with Crippen LogP contribution in [0.25, 0.3) is 0 Å². The van der Waals surface area contributed by atoms with Crippen LogP contribution in [0.2, 0.25) is 0 Å². The molecule has 1 amide bonds. The van der Waals surface area contributed by atoms with Crippen LogP contribution >= 0.6 is 0 Å². The molecule has 0 fully saturated rings. The Morgan fingerprint density at radius 1 is 1.44 bits per heavy atom. The van der Waals surface area contributed by atoms with E-state index in [1.54, 1.807) is 19.2 Å². The number of ether oxygens (including phenoxy) is 1. The molecular formula is C11H14FNO3. The van der Waals surface area contributed by atoms with Gasteiger partial charge in [-0.25, -0.2) is 9.18 Å². The first kappa shape index (κ1) is 12.4. The van der Waals surface area contributed by atoms with Gasteiger partial charge in [0.25, 0.3) is 0 Å². The van der Waals surface area contributed by atoms with Crippen molar-refractivity contribution in [2.45, 2.75) is 6.54 Å². The van der Waals surface area contributed by atoms with E-state index >= 15 is 0 Å². The Kier molecular flexibility index (Phi) is 4.72. The van der Waals surface area contributed by atoms with Crippen LogP contribution in [0.3, 0.4) is 0 Å². The molecule has 4 nitrogen and oxygen atoms in total. The number of hydrogen-bond acceptors (Lipinski definition) is 3. The van der Waals surface area contributed by atoms with E-state index in [0.717, 1.165) is 5.56 Å². The molecule has 0 aliphatic carbocycles. The van der Waals surface area contributed by atoms with Crippen molar-refractivity contribution in [3.8, 4) is 0 Å². The summed E-state index contributed by atoms with van der Waals surface area (Å²) < 4.78 is 17.3. The molecule has 0 saturated carbocycles. The van der Waals surface area contributed by atoms with Crippen molar-refractivity contribution in [2.24, 2.45) is 0 Å². The Hall–Kier alpha value is -1.62. The van der Waals surface area contributed by atoms with E-state index < -0.39 is 6.09 Å². The number of aliphatic hydroxyl groups excluding tert-OH is 1. The van der Waals surface area contributed by atoms with Crippen molar-refractivity contribution < 1.29 is 19.0 Å². The molecule has 88 valence electrons. The average Bonchev–Trinajstić information content (AvgIpc) is 2.29. The monoisotopic (exact) mass is 227 g/mol. The Balaban J connectivity index is 2.47. The summed E-state index contributed by atoms with van der Waals surface area (Å²) in [4.78, 5) is 12.6. The Morgan fingerprint density at radius 2 is 2.06 bits per heavy atom. The number of aliphatic hydroxyl groups is 1. The highest BCUT2D eigenvalue weighted by molar-refractivity contribution is 5.67. The fourth-order valence-corrected chi connectivity index (χ4v) is 1.17. The molecule has 0 heterocycles. The predicted octanol–water partition coefficient (Wildman–Crippen LogP) is 1.39. The van der Waals surface area contributed by atoms with E-state index in [9.17, 15) is 9.18 Å². The van der Waals surface area contributed by atoms with Gasteiger partial charge in [0.1, 0.15) is 12.4 Å². The Bertz CT molecular complexity index is 340. The van der Waals surface area contributed by atoms with E-state index in [2.05, 4.69) is 0 Å². The maximum Gasteiger partial charge on any atom is 0.409 e. The lowest BCUT2D eigenvalue weighted by atomic mass is 10.2. The fourth-order valence-electron chi connectivity index (χ4n) is 1.17. The van der Waals surface area contributed by atoms with Crippen LogP contribution in [0.15, 0.2) is 24.3 Å². The first-order valence-corrected chi connectivity index (χ1v) is 4.86. The van der Waals surface area contributed by atoms with Gasteiger partial charge >= 0.3 is 6.09 Å². The van der Waals surface area contributed by atoms with Gasteiger partial charge in [0.2, 0.25) is 0 Å². The normalized spacial score (nSPS) is 9.94. The van der Waals surface area contributed by atoms with Crippen LogP contribution < -0.4 is 0 Å². The van der Waals surface area contributed by atoms with Gasteiger partial charge in [0, 0.05) is 13.6 Å². The molecule has 0 atom stereocenters. The molecule has 1 aromatic rings. The molecule has 0 saturated heterocycles. The number of amides is 1. The van der Waals surface area contributed by atoms with Crippen LogP contribution in [-0.4, -0.2) is 36.4 Å². The van der Waals surface area contributed by atoms with Crippen molar-refractivity contribution in [1.82, 2.24) is 4.90 Å². The van der Waals surface area contributed by atoms with E-state index in [1.807, 2.05) is 0 Å². The third-order valence-electron chi connectivity index (χ3n) is 1.96. The maximum absolute atomic E-state index is 12.6. The van der Waals surface area contributed by atoms with Gasteiger partial charge in [-0.2, -0.15) is 0 Å². The second-order valence-electron chi connectivity index (χ2n) is 3.32. The highest BCUT2D eigenvalue weighted by atomic mass is 19.1. The largest absolute Gasteiger partial charge is 0.447 e. The van der Waals surface area contributed by atoms with Crippen LogP contribution in [0.1, 0.15) is 5.56 Å². The summed E-state index contributed by atoms with van der Waals surface area (Å²) >= 11 is 0. The zero-order chi connectivity index (χ0) is 12.0. The standard InChI is InChI=1S/C11H14FNO3/c1-13(11(15)16-7-6-14)8-9-2-4-10(12)5-3-9/h2-5,14H,6-8H2,1H3. The van der Waals surface area contributed by atoms with Gasteiger partial charge in [-0.15, -0.1) is 0 Å². The first-order valence-electron chi connectivity index (χ1n) is 4.86.